The third-order valence-corrected chi connectivity index (χ3v) is 3.58. The number of rotatable bonds is 4. The van der Waals surface area contributed by atoms with Gasteiger partial charge in [0.1, 0.15) is 5.82 Å². The van der Waals surface area contributed by atoms with Crippen LogP contribution in [0.1, 0.15) is 24.1 Å². The van der Waals surface area contributed by atoms with Gasteiger partial charge in [-0.15, -0.1) is 0 Å². The molecule has 0 aliphatic rings. The van der Waals surface area contributed by atoms with E-state index in [4.69, 9.17) is 23.2 Å². The van der Waals surface area contributed by atoms with Gasteiger partial charge in [-0.1, -0.05) is 41.4 Å². The number of benzene rings is 2. The second-order valence-corrected chi connectivity index (χ2v) is 5.20. The molecular formula is C15H14Cl2FN. The van der Waals surface area contributed by atoms with Crippen molar-refractivity contribution in [3.05, 3.63) is 69.5 Å². The molecule has 2 rings (SSSR count). The van der Waals surface area contributed by atoms with Crippen molar-refractivity contribution in [2.24, 2.45) is 0 Å². The summed E-state index contributed by atoms with van der Waals surface area (Å²) < 4.78 is 13.6. The van der Waals surface area contributed by atoms with Gasteiger partial charge in [0.25, 0.3) is 0 Å². The second-order valence-electron chi connectivity index (χ2n) is 4.36. The summed E-state index contributed by atoms with van der Waals surface area (Å²) in [5, 5.41) is 4.53. The lowest BCUT2D eigenvalue weighted by molar-refractivity contribution is 0.528. The van der Waals surface area contributed by atoms with Gasteiger partial charge in [-0.05, 0) is 36.8 Å². The molecule has 0 aromatic heterocycles. The van der Waals surface area contributed by atoms with Gasteiger partial charge in [-0.2, -0.15) is 0 Å². The quantitative estimate of drug-likeness (QED) is 0.839. The zero-order valence-electron chi connectivity index (χ0n) is 10.5. The Bertz CT molecular complexity index is 572. The summed E-state index contributed by atoms with van der Waals surface area (Å²) >= 11 is 12.0. The lowest BCUT2D eigenvalue weighted by atomic mass is 10.1. The monoisotopic (exact) mass is 297 g/mol. The van der Waals surface area contributed by atoms with Crippen LogP contribution in [0.25, 0.3) is 0 Å². The molecule has 0 bridgehead atoms. The van der Waals surface area contributed by atoms with Crippen LogP contribution < -0.4 is 5.32 Å². The van der Waals surface area contributed by atoms with Gasteiger partial charge in [0.2, 0.25) is 0 Å². The molecule has 1 nitrogen and oxygen atoms in total. The van der Waals surface area contributed by atoms with Crippen LogP contribution in [0.15, 0.2) is 42.5 Å². The van der Waals surface area contributed by atoms with E-state index >= 15 is 0 Å². The van der Waals surface area contributed by atoms with Crippen LogP contribution in [0.5, 0.6) is 0 Å². The predicted octanol–water partition coefficient (Wildman–Crippen LogP) is 4.98. The van der Waals surface area contributed by atoms with Crippen LogP contribution in [0, 0.1) is 5.82 Å². The largest absolute Gasteiger partial charge is 0.306 e. The highest BCUT2D eigenvalue weighted by molar-refractivity contribution is 6.33. The zero-order chi connectivity index (χ0) is 13.8. The van der Waals surface area contributed by atoms with Crippen LogP contribution in [0.4, 0.5) is 4.39 Å². The van der Waals surface area contributed by atoms with Crippen molar-refractivity contribution in [2.45, 2.75) is 19.5 Å². The second kappa shape index (κ2) is 6.38. The van der Waals surface area contributed by atoms with E-state index in [0.29, 0.717) is 22.2 Å². The maximum absolute atomic E-state index is 13.6. The number of halogens is 3. The third-order valence-electron chi connectivity index (χ3n) is 2.98. The lowest BCUT2D eigenvalue weighted by Crippen LogP contribution is -2.19. The van der Waals surface area contributed by atoms with Gasteiger partial charge in [-0.3, -0.25) is 0 Å². The number of hydrogen-bond acceptors (Lipinski definition) is 1. The molecule has 2 aromatic rings. The van der Waals surface area contributed by atoms with Crippen molar-refractivity contribution < 1.29 is 4.39 Å². The van der Waals surface area contributed by atoms with E-state index in [-0.39, 0.29) is 11.9 Å². The van der Waals surface area contributed by atoms with E-state index in [2.05, 4.69) is 5.32 Å². The van der Waals surface area contributed by atoms with E-state index in [1.54, 1.807) is 24.3 Å². The summed E-state index contributed by atoms with van der Waals surface area (Å²) in [5.41, 5.74) is 1.54. The summed E-state index contributed by atoms with van der Waals surface area (Å²) in [6.45, 7) is 2.45. The molecule has 0 fully saturated rings. The van der Waals surface area contributed by atoms with Crippen molar-refractivity contribution in [3.63, 3.8) is 0 Å². The Morgan fingerprint density at radius 1 is 1.16 bits per heavy atom. The third kappa shape index (κ3) is 3.69. The Labute approximate surface area is 122 Å². The van der Waals surface area contributed by atoms with E-state index in [1.807, 2.05) is 19.1 Å². The minimum absolute atomic E-state index is 0.101. The normalized spacial score (nSPS) is 12.4. The Morgan fingerprint density at radius 2 is 1.89 bits per heavy atom. The van der Waals surface area contributed by atoms with E-state index in [1.165, 1.54) is 6.07 Å². The summed E-state index contributed by atoms with van der Waals surface area (Å²) in [5.74, 6) is -0.209. The molecule has 0 saturated heterocycles. The summed E-state index contributed by atoms with van der Waals surface area (Å²) in [7, 11) is 0. The number of hydrogen-bond donors (Lipinski definition) is 1. The fraction of sp³-hybridized carbons (Fsp3) is 0.200. The summed E-state index contributed by atoms with van der Waals surface area (Å²) in [4.78, 5) is 0. The first-order chi connectivity index (χ1) is 9.08. The van der Waals surface area contributed by atoms with Crippen molar-refractivity contribution in [1.29, 1.82) is 0 Å². The molecule has 1 atom stereocenters. The highest BCUT2D eigenvalue weighted by atomic mass is 35.5. The smallest absolute Gasteiger partial charge is 0.127 e. The topological polar surface area (TPSA) is 12.0 Å². The van der Waals surface area contributed by atoms with Crippen LogP contribution in [0.3, 0.4) is 0 Å². The first-order valence-corrected chi connectivity index (χ1v) is 6.75. The molecular weight excluding hydrogens is 284 g/mol. The fourth-order valence-electron chi connectivity index (χ4n) is 1.88. The van der Waals surface area contributed by atoms with E-state index < -0.39 is 0 Å². The van der Waals surface area contributed by atoms with Gasteiger partial charge in [0, 0.05) is 28.2 Å². The molecule has 4 heteroatoms. The molecule has 100 valence electrons. The van der Waals surface area contributed by atoms with Crippen LogP contribution in [-0.2, 0) is 6.54 Å². The first-order valence-electron chi connectivity index (χ1n) is 5.99. The van der Waals surface area contributed by atoms with Gasteiger partial charge in [0.15, 0.2) is 0 Å². The average molecular weight is 298 g/mol. The fourth-order valence-corrected chi connectivity index (χ4v) is 2.26. The summed E-state index contributed by atoms with van der Waals surface area (Å²) in [6, 6.07) is 11.9. The van der Waals surface area contributed by atoms with Crippen molar-refractivity contribution in [1.82, 2.24) is 5.32 Å². The highest BCUT2D eigenvalue weighted by Gasteiger charge is 2.10. The van der Waals surface area contributed by atoms with E-state index in [9.17, 15) is 4.39 Å². The van der Waals surface area contributed by atoms with Crippen molar-refractivity contribution in [2.75, 3.05) is 0 Å². The molecule has 19 heavy (non-hydrogen) atoms. The first kappa shape index (κ1) is 14.3. The minimum atomic E-state index is -0.209. The lowest BCUT2D eigenvalue weighted by Gasteiger charge is -2.15. The van der Waals surface area contributed by atoms with Gasteiger partial charge in [0.05, 0.1) is 0 Å². The molecule has 0 spiro atoms. The molecule has 0 aliphatic heterocycles. The molecule has 1 N–H and O–H groups in total. The van der Waals surface area contributed by atoms with E-state index in [0.717, 1.165) is 5.56 Å². The van der Waals surface area contributed by atoms with Crippen molar-refractivity contribution in [3.8, 4) is 0 Å². The van der Waals surface area contributed by atoms with Crippen LogP contribution in [0.2, 0.25) is 10.0 Å². The Morgan fingerprint density at radius 3 is 2.63 bits per heavy atom. The highest BCUT2D eigenvalue weighted by Crippen LogP contribution is 2.22. The molecule has 2 aromatic carbocycles. The standard InChI is InChI=1S/C15H14Cl2FN/c1-10(13-4-2-3-5-15(13)18)19-9-11-8-12(16)6-7-14(11)17/h2-8,10,19H,9H2,1H3/t10-/m1/s1. The van der Waals surface area contributed by atoms with Gasteiger partial charge in [-0.25, -0.2) is 4.39 Å². The molecule has 0 aliphatic carbocycles. The molecule has 0 heterocycles. The molecule has 0 radical (unpaired) electrons. The SMILES string of the molecule is C[C@@H](NCc1cc(Cl)ccc1Cl)c1ccccc1F. The molecule has 0 unspecified atom stereocenters. The number of nitrogens with one attached hydrogen (secondary N) is 1. The maximum Gasteiger partial charge on any atom is 0.127 e. The Hall–Kier alpha value is -1.09. The van der Waals surface area contributed by atoms with Gasteiger partial charge >= 0.3 is 0 Å². The summed E-state index contributed by atoms with van der Waals surface area (Å²) in [6.07, 6.45) is 0. The Balaban J connectivity index is 2.06. The van der Waals surface area contributed by atoms with Crippen molar-refractivity contribution >= 4 is 23.2 Å². The van der Waals surface area contributed by atoms with Gasteiger partial charge < -0.3 is 5.32 Å². The maximum atomic E-state index is 13.6. The zero-order valence-corrected chi connectivity index (χ0v) is 12.0. The van der Waals surface area contributed by atoms with Crippen LogP contribution in [-0.4, -0.2) is 0 Å². The minimum Gasteiger partial charge on any atom is -0.306 e. The predicted molar refractivity (Wildman–Crippen MR) is 78.1 cm³/mol. The van der Waals surface area contributed by atoms with Crippen LogP contribution >= 0.6 is 23.2 Å². The average Bonchev–Trinajstić information content (AvgIpc) is 2.40. The molecule has 0 amide bonds. The molecule has 0 saturated carbocycles. The Kier molecular flexibility index (Phi) is 4.81.